The first-order valence-corrected chi connectivity index (χ1v) is 7.59. The normalized spacial score (nSPS) is 20.7. The topological polar surface area (TPSA) is 62.9 Å². The molecule has 1 fully saturated rings. The van der Waals surface area contributed by atoms with Crippen molar-refractivity contribution < 1.29 is 4.74 Å². The third kappa shape index (κ3) is 5.73. The lowest BCUT2D eigenvalue weighted by Crippen LogP contribution is -2.45. The Morgan fingerprint density at radius 3 is 2.90 bits per heavy atom. The minimum Gasteiger partial charge on any atom is -0.374 e. The summed E-state index contributed by atoms with van der Waals surface area (Å²) in [6.45, 7) is 8.91. The minimum absolute atomic E-state index is 0.133. The lowest BCUT2D eigenvalue weighted by Gasteiger charge is -2.33. The molecule has 1 unspecified atom stereocenters. The first-order chi connectivity index (χ1) is 10.1. The van der Waals surface area contributed by atoms with Crippen molar-refractivity contribution in [3.63, 3.8) is 0 Å². The van der Waals surface area contributed by atoms with E-state index in [0.717, 1.165) is 31.9 Å². The van der Waals surface area contributed by atoms with E-state index in [2.05, 4.69) is 29.1 Å². The van der Waals surface area contributed by atoms with Gasteiger partial charge in [-0.05, 0) is 18.1 Å². The van der Waals surface area contributed by atoms with Crippen LogP contribution in [0.5, 0.6) is 0 Å². The van der Waals surface area contributed by atoms with Gasteiger partial charge in [0.25, 0.3) is 0 Å². The van der Waals surface area contributed by atoms with Gasteiger partial charge in [0, 0.05) is 25.3 Å². The van der Waals surface area contributed by atoms with Gasteiger partial charge in [0.05, 0.1) is 19.3 Å². The number of nitrogens with zero attached hydrogens (tertiary/aromatic N) is 2. The van der Waals surface area contributed by atoms with E-state index in [-0.39, 0.29) is 6.10 Å². The Kier molecular flexibility index (Phi) is 6.02. The number of aliphatic imine (C=N–C) groups is 1. The van der Waals surface area contributed by atoms with E-state index < -0.39 is 0 Å². The van der Waals surface area contributed by atoms with Gasteiger partial charge >= 0.3 is 0 Å². The molecular weight excluding hydrogens is 264 g/mol. The molecule has 116 valence electrons. The first-order valence-electron chi connectivity index (χ1n) is 7.59. The Morgan fingerprint density at radius 2 is 2.19 bits per heavy atom. The van der Waals surface area contributed by atoms with Gasteiger partial charge in [-0.1, -0.05) is 32.0 Å². The zero-order valence-electron chi connectivity index (χ0n) is 13.0. The Balaban J connectivity index is 1.79. The van der Waals surface area contributed by atoms with Crippen LogP contribution in [0.4, 0.5) is 5.69 Å². The highest BCUT2D eigenvalue weighted by molar-refractivity contribution is 5.92. The maximum atomic E-state index is 5.91. The van der Waals surface area contributed by atoms with Crippen molar-refractivity contribution in [2.75, 3.05) is 38.1 Å². The molecule has 5 heteroatoms. The van der Waals surface area contributed by atoms with Gasteiger partial charge in [-0.2, -0.15) is 0 Å². The summed E-state index contributed by atoms with van der Waals surface area (Å²) in [6.07, 6.45) is 0.133. The standard InChI is InChI=1S/C16H26N4O/c1-13(2)11-20-8-9-21-15(12-20)10-18-16(17)19-14-6-4-3-5-7-14/h3-7,13,15H,8-12H2,1-2H3,(H3,17,18,19). The minimum atomic E-state index is 0.133. The zero-order valence-corrected chi connectivity index (χ0v) is 13.0. The first kappa shape index (κ1) is 15.8. The quantitative estimate of drug-likeness (QED) is 0.641. The maximum Gasteiger partial charge on any atom is 0.193 e. The van der Waals surface area contributed by atoms with Crippen LogP contribution in [0.1, 0.15) is 13.8 Å². The predicted molar refractivity (Wildman–Crippen MR) is 87.6 cm³/mol. The van der Waals surface area contributed by atoms with Crippen molar-refractivity contribution in [1.29, 1.82) is 0 Å². The Hall–Kier alpha value is -1.59. The number of rotatable bonds is 5. The summed E-state index contributed by atoms with van der Waals surface area (Å²) in [7, 11) is 0. The molecule has 1 aliphatic heterocycles. The molecule has 5 nitrogen and oxygen atoms in total. The van der Waals surface area contributed by atoms with Crippen LogP contribution < -0.4 is 11.1 Å². The highest BCUT2D eigenvalue weighted by Crippen LogP contribution is 2.09. The Morgan fingerprint density at radius 1 is 1.43 bits per heavy atom. The molecule has 1 aliphatic rings. The van der Waals surface area contributed by atoms with Crippen molar-refractivity contribution in [2.45, 2.75) is 20.0 Å². The Bertz CT molecular complexity index is 447. The molecule has 0 bridgehead atoms. The number of ether oxygens (including phenoxy) is 1. The molecule has 21 heavy (non-hydrogen) atoms. The zero-order chi connectivity index (χ0) is 15.1. The number of benzene rings is 1. The molecular formula is C16H26N4O. The lowest BCUT2D eigenvalue weighted by atomic mass is 10.2. The average Bonchev–Trinajstić information content (AvgIpc) is 2.46. The molecule has 1 aromatic rings. The van der Waals surface area contributed by atoms with E-state index in [9.17, 15) is 0 Å². The van der Waals surface area contributed by atoms with Gasteiger partial charge in [-0.3, -0.25) is 9.89 Å². The summed E-state index contributed by atoms with van der Waals surface area (Å²) in [5, 5.41) is 3.08. The molecule has 1 aromatic carbocycles. The predicted octanol–water partition coefficient (Wildman–Crippen LogP) is 1.77. The van der Waals surface area contributed by atoms with E-state index in [0.29, 0.717) is 18.4 Å². The fraction of sp³-hybridized carbons (Fsp3) is 0.562. The van der Waals surface area contributed by atoms with E-state index >= 15 is 0 Å². The molecule has 0 aromatic heterocycles. The van der Waals surface area contributed by atoms with Crippen molar-refractivity contribution in [3.8, 4) is 0 Å². The molecule has 1 atom stereocenters. The van der Waals surface area contributed by atoms with Gasteiger partial charge in [0.1, 0.15) is 0 Å². The molecule has 1 heterocycles. The number of nitrogens with two attached hydrogens (primary N) is 1. The van der Waals surface area contributed by atoms with E-state index in [1.165, 1.54) is 0 Å². The van der Waals surface area contributed by atoms with Gasteiger partial charge < -0.3 is 15.8 Å². The fourth-order valence-electron chi connectivity index (χ4n) is 2.48. The SMILES string of the molecule is CC(C)CN1CCOC(CN=C(N)Nc2ccccc2)C1. The van der Waals surface area contributed by atoms with Crippen molar-refractivity contribution in [3.05, 3.63) is 30.3 Å². The number of nitrogens with one attached hydrogen (secondary N) is 1. The van der Waals surface area contributed by atoms with Crippen LogP contribution in [0.2, 0.25) is 0 Å². The Labute approximate surface area is 127 Å². The molecule has 1 saturated heterocycles. The fourth-order valence-corrected chi connectivity index (χ4v) is 2.48. The molecule has 0 radical (unpaired) electrons. The molecule has 0 aliphatic carbocycles. The van der Waals surface area contributed by atoms with Crippen LogP contribution in [0.3, 0.4) is 0 Å². The van der Waals surface area contributed by atoms with Crippen molar-refractivity contribution in [2.24, 2.45) is 16.6 Å². The smallest absolute Gasteiger partial charge is 0.193 e. The highest BCUT2D eigenvalue weighted by Gasteiger charge is 2.20. The highest BCUT2D eigenvalue weighted by atomic mass is 16.5. The summed E-state index contributed by atoms with van der Waals surface area (Å²) in [6, 6.07) is 9.82. The second kappa shape index (κ2) is 8.00. The number of hydrogen-bond donors (Lipinski definition) is 2. The molecule has 0 spiro atoms. The number of hydrogen-bond acceptors (Lipinski definition) is 3. The molecule has 0 amide bonds. The van der Waals surface area contributed by atoms with Gasteiger partial charge in [0.2, 0.25) is 0 Å². The summed E-state index contributed by atoms with van der Waals surface area (Å²) in [4.78, 5) is 6.83. The number of guanidine groups is 1. The second-order valence-corrected chi connectivity index (χ2v) is 5.86. The van der Waals surface area contributed by atoms with Crippen molar-refractivity contribution >= 4 is 11.6 Å². The maximum absolute atomic E-state index is 5.91. The van der Waals surface area contributed by atoms with Crippen LogP contribution in [0.15, 0.2) is 35.3 Å². The van der Waals surface area contributed by atoms with Gasteiger partial charge in [-0.15, -0.1) is 0 Å². The van der Waals surface area contributed by atoms with Crippen molar-refractivity contribution in [1.82, 2.24) is 4.90 Å². The third-order valence-corrected chi connectivity index (χ3v) is 3.36. The van der Waals surface area contributed by atoms with E-state index in [1.807, 2.05) is 30.3 Å². The number of morpholine rings is 1. The summed E-state index contributed by atoms with van der Waals surface area (Å²) < 4.78 is 5.76. The average molecular weight is 290 g/mol. The largest absolute Gasteiger partial charge is 0.374 e. The summed E-state index contributed by atoms with van der Waals surface area (Å²) in [5.74, 6) is 1.11. The summed E-state index contributed by atoms with van der Waals surface area (Å²) >= 11 is 0. The van der Waals surface area contributed by atoms with Crippen LogP contribution in [0.25, 0.3) is 0 Å². The van der Waals surface area contributed by atoms with Gasteiger partial charge in [0.15, 0.2) is 5.96 Å². The third-order valence-electron chi connectivity index (χ3n) is 3.36. The second-order valence-electron chi connectivity index (χ2n) is 5.86. The molecule has 2 rings (SSSR count). The van der Waals surface area contributed by atoms with Crippen LogP contribution in [-0.4, -0.2) is 49.7 Å². The lowest BCUT2D eigenvalue weighted by molar-refractivity contribution is -0.0261. The number of para-hydroxylation sites is 1. The van der Waals surface area contributed by atoms with Crippen LogP contribution in [0, 0.1) is 5.92 Å². The van der Waals surface area contributed by atoms with Crippen LogP contribution in [-0.2, 0) is 4.74 Å². The van der Waals surface area contributed by atoms with Crippen LogP contribution >= 0.6 is 0 Å². The molecule has 3 N–H and O–H groups in total. The molecule has 0 saturated carbocycles. The van der Waals surface area contributed by atoms with E-state index in [4.69, 9.17) is 10.5 Å². The number of anilines is 1. The van der Waals surface area contributed by atoms with E-state index in [1.54, 1.807) is 0 Å². The summed E-state index contributed by atoms with van der Waals surface area (Å²) in [5.41, 5.74) is 6.86. The monoisotopic (exact) mass is 290 g/mol. The van der Waals surface area contributed by atoms with Gasteiger partial charge in [-0.25, -0.2) is 0 Å².